The molecule has 0 aliphatic heterocycles. The minimum atomic E-state index is -3.22. The van der Waals surface area contributed by atoms with Gasteiger partial charge in [-0.25, -0.2) is 13.6 Å². The fourth-order valence-electron chi connectivity index (χ4n) is 1.60. The van der Waals surface area contributed by atoms with Crippen molar-refractivity contribution in [2.45, 2.75) is 5.92 Å². The van der Waals surface area contributed by atoms with E-state index in [4.69, 9.17) is 10.2 Å². The van der Waals surface area contributed by atoms with Gasteiger partial charge in [0, 0.05) is 5.39 Å². The summed E-state index contributed by atoms with van der Waals surface area (Å²) in [6, 6.07) is 7.89. The lowest BCUT2D eigenvalue weighted by Crippen LogP contribution is -2.42. The Bertz CT molecular complexity index is 697. The number of carbonyl (C=O) groups is 1. The van der Waals surface area contributed by atoms with Crippen LogP contribution in [-0.4, -0.2) is 24.9 Å². The molecule has 0 aliphatic carbocycles. The van der Waals surface area contributed by atoms with Crippen LogP contribution in [0.5, 0.6) is 0 Å². The lowest BCUT2D eigenvalue weighted by molar-refractivity contribution is 0.0118. The molecule has 2 aromatic rings. The topological polar surface area (TPSA) is 85.3 Å². The average molecular weight is 282 g/mol. The number of alkyl halides is 2. The maximum Gasteiger partial charge on any atom is 0.349 e. The van der Waals surface area contributed by atoms with Gasteiger partial charge >= 0.3 is 5.63 Å². The molecule has 7 heteroatoms. The van der Waals surface area contributed by atoms with Gasteiger partial charge in [0.15, 0.2) is 0 Å². The van der Waals surface area contributed by atoms with E-state index in [-0.39, 0.29) is 5.56 Å². The van der Waals surface area contributed by atoms with Crippen LogP contribution in [-0.2, 0) is 0 Å². The summed E-state index contributed by atoms with van der Waals surface area (Å²) in [6.07, 6.45) is 0. The number of hydrogen-bond acceptors (Lipinski definition) is 4. The van der Waals surface area contributed by atoms with Crippen LogP contribution in [0.3, 0.4) is 0 Å². The standard InChI is InChI=1S/C13H12F2N2O3/c14-13(15,6-16)7-17-11(18)9-5-8-3-1-2-4-10(8)20-12(9)19/h1-5H,6-7,16H2,(H,17,18). The molecule has 1 aromatic carbocycles. The number of para-hydroxylation sites is 1. The van der Waals surface area contributed by atoms with Crippen molar-refractivity contribution in [3.63, 3.8) is 0 Å². The Hall–Kier alpha value is -2.28. The number of carbonyl (C=O) groups excluding carboxylic acids is 1. The van der Waals surface area contributed by atoms with Crippen LogP contribution in [0.2, 0.25) is 0 Å². The van der Waals surface area contributed by atoms with Crippen LogP contribution in [0, 0.1) is 0 Å². The average Bonchev–Trinajstić information content (AvgIpc) is 2.44. The van der Waals surface area contributed by atoms with E-state index >= 15 is 0 Å². The molecule has 1 amide bonds. The first kappa shape index (κ1) is 14.1. The van der Waals surface area contributed by atoms with Crippen molar-refractivity contribution < 1.29 is 18.0 Å². The second-order valence-corrected chi connectivity index (χ2v) is 4.23. The normalized spacial score (nSPS) is 11.6. The lowest BCUT2D eigenvalue weighted by atomic mass is 10.2. The summed E-state index contributed by atoms with van der Waals surface area (Å²) in [5.74, 6) is -4.13. The van der Waals surface area contributed by atoms with Crippen molar-refractivity contribution in [1.29, 1.82) is 0 Å². The quantitative estimate of drug-likeness (QED) is 0.823. The predicted molar refractivity (Wildman–Crippen MR) is 68.8 cm³/mol. The summed E-state index contributed by atoms with van der Waals surface area (Å²) >= 11 is 0. The van der Waals surface area contributed by atoms with Gasteiger partial charge in [-0.2, -0.15) is 0 Å². The second-order valence-electron chi connectivity index (χ2n) is 4.23. The van der Waals surface area contributed by atoms with Gasteiger partial charge in [0.25, 0.3) is 11.8 Å². The Morgan fingerprint density at radius 3 is 2.75 bits per heavy atom. The molecule has 1 heterocycles. The van der Waals surface area contributed by atoms with Crippen molar-refractivity contribution in [1.82, 2.24) is 5.32 Å². The van der Waals surface area contributed by atoms with Crippen molar-refractivity contribution >= 4 is 16.9 Å². The zero-order chi connectivity index (χ0) is 14.8. The number of halogens is 2. The largest absolute Gasteiger partial charge is 0.422 e. The maximum atomic E-state index is 12.9. The smallest absolute Gasteiger partial charge is 0.349 e. The molecule has 5 nitrogen and oxygen atoms in total. The number of fused-ring (bicyclic) bond motifs is 1. The number of nitrogens with two attached hydrogens (primary N) is 1. The highest BCUT2D eigenvalue weighted by molar-refractivity contribution is 5.96. The Kier molecular flexibility index (Phi) is 3.80. The van der Waals surface area contributed by atoms with Crippen molar-refractivity contribution in [3.05, 3.63) is 46.3 Å². The summed E-state index contributed by atoms with van der Waals surface area (Å²) in [5, 5.41) is 2.50. The summed E-state index contributed by atoms with van der Waals surface area (Å²) in [4.78, 5) is 23.4. The zero-order valence-corrected chi connectivity index (χ0v) is 10.4. The SMILES string of the molecule is NCC(F)(F)CNC(=O)c1cc2ccccc2oc1=O. The second kappa shape index (κ2) is 5.38. The molecule has 0 saturated heterocycles. The highest BCUT2D eigenvalue weighted by Crippen LogP contribution is 2.13. The van der Waals surface area contributed by atoms with Crippen molar-refractivity contribution in [2.75, 3.05) is 13.1 Å². The molecule has 0 unspecified atom stereocenters. The van der Waals surface area contributed by atoms with Crippen LogP contribution >= 0.6 is 0 Å². The minimum absolute atomic E-state index is 0.321. The molecule has 0 atom stereocenters. The molecule has 20 heavy (non-hydrogen) atoms. The third-order valence-corrected chi connectivity index (χ3v) is 2.69. The monoisotopic (exact) mass is 282 g/mol. The van der Waals surface area contributed by atoms with E-state index in [0.29, 0.717) is 11.0 Å². The summed E-state index contributed by atoms with van der Waals surface area (Å²) in [5.41, 5.74) is 3.97. The van der Waals surface area contributed by atoms with Gasteiger partial charge in [-0.05, 0) is 12.1 Å². The van der Waals surface area contributed by atoms with Gasteiger partial charge in [-0.1, -0.05) is 18.2 Å². The summed E-state index contributed by atoms with van der Waals surface area (Å²) in [6.45, 7) is -1.83. The van der Waals surface area contributed by atoms with Crippen molar-refractivity contribution in [2.24, 2.45) is 5.73 Å². The molecule has 1 aromatic heterocycles. The van der Waals surface area contributed by atoms with Crippen LogP contribution in [0.25, 0.3) is 11.0 Å². The Morgan fingerprint density at radius 2 is 2.05 bits per heavy atom. The first-order valence-electron chi connectivity index (χ1n) is 5.82. The van der Waals surface area contributed by atoms with E-state index in [1.54, 1.807) is 24.3 Å². The fourth-order valence-corrected chi connectivity index (χ4v) is 1.60. The van der Waals surface area contributed by atoms with E-state index in [1.165, 1.54) is 6.07 Å². The summed E-state index contributed by atoms with van der Waals surface area (Å²) < 4.78 is 30.8. The molecular formula is C13H12F2N2O3. The van der Waals surface area contributed by atoms with E-state index < -0.39 is 30.5 Å². The van der Waals surface area contributed by atoms with Crippen LogP contribution in [0.15, 0.2) is 39.5 Å². The van der Waals surface area contributed by atoms with Gasteiger partial charge in [0.05, 0.1) is 13.1 Å². The molecule has 3 N–H and O–H groups in total. The highest BCUT2D eigenvalue weighted by atomic mass is 19.3. The predicted octanol–water partition coefficient (Wildman–Crippen LogP) is 1.12. The first-order chi connectivity index (χ1) is 9.43. The fraction of sp³-hybridized carbons (Fsp3) is 0.231. The number of amides is 1. The van der Waals surface area contributed by atoms with E-state index in [1.807, 2.05) is 5.32 Å². The Balaban J connectivity index is 2.26. The molecule has 2 rings (SSSR count). The highest BCUT2D eigenvalue weighted by Gasteiger charge is 2.28. The summed E-state index contributed by atoms with van der Waals surface area (Å²) in [7, 11) is 0. The van der Waals surface area contributed by atoms with E-state index in [0.717, 1.165) is 0 Å². The van der Waals surface area contributed by atoms with E-state index in [9.17, 15) is 18.4 Å². The van der Waals surface area contributed by atoms with Gasteiger partial charge < -0.3 is 15.5 Å². The van der Waals surface area contributed by atoms with Gasteiger partial charge in [0.1, 0.15) is 11.1 Å². The number of rotatable bonds is 4. The molecule has 0 spiro atoms. The minimum Gasteiger partial charge on any atom is -0.422 e. The van der Waals surface area contributed by atoms with Gasteiger partial charge in [-0.15, -0.1) is 0 Å². The molecule has 106 valence electrons. The van der Waals surface area contributed by atoms with Gasteiger partial charge in [0.2, 0.25) is 0 Å². The molecular weight excluding hydrogens is 270 g/mol. The molecule has 0 bridgehead atoms. The number of nitrogens with one attached hydrogen (secondary N) is 1. The third-order valence-electron chi connectivity index (χ3n) is 2.69. The third kappa shape index (κ3) is 3.00. The van der Waals surface area contributed by atoms with Gasteiger partial charge in [-0.3, -0.25) is 4.79 Å². The zero-order valence-electron chi connectivity index (χ0n) is 10.4. The van der Waals surface area contributed by atoms with Crippen LogP contribution < -0.4 is 16.7 Å². The first-order valence-corrected chi connectivity index (χ1v) is 5.82. The molecule has 0 radical (unpaired) electrons. The van der Waals surface area contributed by atoms with Crippen LogP contribution in [0.1, 0.15) is 10.4 Å². The molecule has 0 saturated carbocycles. The van der Waals surface area contributed by atoms with Crippen molar-refractivity contribution in [3.8, 4) is 0 Å². The molecule has 0 fully saturated rings. The lowest BCUT2D eigenvalue weighted by Gasteiger charge is -2.14. The number of hydrogen-bond donors (Lipinski definition) is 2. The van der Waals surface area contributed by atoms with Crippen LogP contribution in [0.4, 0.5) is 8.78 Å². The Labute approximate surface area is 112 Å². The Morgan fingerprint density at radius 1 is 1.35 bits per heavy atom. The molecule has 0 aliphatic rings. The number of benzene rings is 1. The maximum absolute atomic E-state index is 12.9. The van der Waals surface area contributed by atoms with E-state index in [2.05, 4.69) is 0 Å².